The van der Waals surface area contributed by atoms with Crippen molar-refractivity contribution in [3.63, 3.8) is 0 Å². The molecule has 1 aliphatic heterocycles. The maximum absolute atomic E-state index is 12.6. The van der Waals surface area contributed by atoms with Crippen LogP contribution in [0.25, 0.3) is 21.9 Å². The van der Waals surface area contributed by atoms with E-state index in [1.807, 2.05) is 54.6 Å². The van der Waals surface area contributed by atoms with Crippen LogP contribution in [0.5, 0.6) is 11.5 Å². The van der Waals surface area contributed by atoms with Crippen molar-refractivity contribution < 1.29 is 14.3 Å². The fraction of sp³-hybridized carbons (Fsp3) is 0.0455. The van der Waals surface area contributed by atoms with Gasteiger partial charge in [0, 0.05) is 24.2 Å². The molecule has 0 saturated heterocycles. The number of rotatable bonds is 3. The third-order valence-corrected chi connectivity index (χ3v) is 4.51. The molecule has 2 aromatic heterocycles. The number of fused-ring (bicyclic) bond motifs is 2. The highest BCUT2D eigenvalue weighted by Gasteiger charge is 2.31. The monoisotopic (exact) mass is 369 g/mol. The van der Waals surface area contributed by atoms with E-state index in [9.17, 15) is 4.79 Å². The standard InChI is InChI=1S/C22H15N3O3/c26-21(25-18-9-17(12-24-13-18)14-5-7-23-8-6-14)22-27-19-10-15-3-1-2-4-16(15)11-20(19)28-22/h1-13,22H,(H,25,26). The van der Waals surface area contributed by atoms with Crippen molar-refractivity contribution in [2.24, 2.45) is 0 Å². The van der Waals surface area contributed by atoms with Crippen molar-refractivity contribution in [2.75, 3.05) is 5.32 Å². The molecule has 0 radical (unpaired) electrons. The fourth-order valence-electron chi connectivity index (χ4n) is 3.16. The highest BCUT2D eigenvalue weighted by molar-refractivity contribution is 5.95. The Labute approximate surface area is 160 Å². The van der Waals surface area contributed by atoms with E-state index in [1.54, 1.807) is 24.8 Å². The second-order valence-corrected chi connectivity index (χ2v) is 6.40. The molecular weight excluding hydrogens is 354 g/mol. The molecule has 1 N–H and O–H groups in total. The molecule has 5 rings (SSSR count). The molecule has 3 heterocycles. The molecular formula is C22H15N3O3. The van der Waals surface area contributed by atoms with Gasteiger partial charge in [-0.05, 0) is 46.7 Å². The highest BCUT2D eigenvalue weighted by Crippen LogP contribution is 2.38. The summed E-state index contributed by atoms with van der Waals surface area (Å²) in [6.45, 7) is 0. The molecule has 0 fully saturated rings. The Morgan fingerprint density at radius 1 is 0.821 bits per heavy atom. The van der Waals surface area contributed by atoms with Gasteiger partial charge < -0.3 is 14.8 Å². The molecule has 4 aromatic rings. The van der Waals surface area contributed by atoms with Crippen LogP contribution in [0.2, 0.25) is 0 Å². The highest BCUT2D eigenvalue weighted by atomic mass is 16.7. The molecule has 2 aromatic carbocycles. The minimum Gasteiger partial charge on any atom is -0.442 e. The van der Waals surface area contributed by atoms with Crippen LogP contribution in [0.3, 0.4) is 0 Å². The minimum absolute atomic E-state index is 0.395. The van der Waals surface area contributed by atoms with E-state index in [0.29, 0.717) is 17.2 Å². The zero-order valence-electron chi connectivity index (χ0n) is 14.7. The van der Waals surface area contributed by atoms with E-state index in [4.69, 9.17) is 9.47 Å². The first-order chi connectivity index (χ1) is 13.8. The summed E-state index contributed by atoms with van der Waals surface area (Å²) < 4.78 is 11.4. The van der Waals surface area contributed by atoms with Crippen LogP contribution in [0.15, 0.2) is 79.4 Å². The van der Waals surface area contributed by atoms with Gasteiger partial charge in [-0.1, -0.05) is 24.3 Å². The maximum atomic E-state index is 12.6. The van der Waals surface area contributed by atoms with E-state index >= 15 is 0 Å². The van der Waals surface area contributed by atoms with E-state index in [0.717, 1.165) is 21.9 Å². The summed E-state index contributed by atoms with van der Waals surface area (Å²) in [5, 5.41) is 4.86. The summed E-state index contributed by atoms with van der Waals surface area (Å²) >= 11 is 0. The van der Waals surface area contributed by atoms with Gasteiger partial charge in [-0.15, -0.1) is 0 Å². The van der Waals surface area contributed by atoms with Crippen LogP contribution in [0.1, 0.15) is 0 Å². The summed E-state index contributed by atoms with van der Waals surface area (Å²) in [6.07, 6.45) is 5.69. The predicted octanol–water partition coefficient (Wildman–Crippen LogP) is 4.03. The lowest BCUT2D eigenvalue weighted by molar-refractivity contribution is -0.131. The van der Waals surface area contributed by atoms with Crippen LogP contribution >= 0.6 is 0 Å². The molecule has 0 aliphatic carbocycles. The van der Waals surface area contributed by atoms with E-state index in [-0.39, 0.29) is 0 Å². The van der Waals surface area contributed by atoms with Crippen molar-refractivity contribution >= 4 is 22.4 Å². The average molecular weight is 369 g/mol. The van der Waals surface area contributed by atoms with Crippen molar-refractivity contribution in [2.45, 2.75) is 6.29 Å². The smallest absolute Gasteiger partial charge is 0.322 e. The van der Waals surface area contributed by atoms with Gasteiger partial charge in [0.15, 0.2) is 11.5 Å². The molecule has 0 saturated carbocycles. The minimum atomic E-state index is -1.05. The Kier molecular flexibility index (Phi) is 3.87. The fourth-order valence-corrected chi connectivity index (χ4v) is 3.16. The van der Waals surface area contributed by atoms with Gasteiger partial charge in [-0.25, -0.2) is 0 Å². The van der Waals surface area contributed by atoms with Crippen molar-refractivity contribution in [1.82, 2.24) is 9.97 Å². The molecule has 1 amide bonds. The molecule has 0 atom stereocenters. The average Bonchev–Trinajstić information content (AvgIpc) is 3.16. The lowest BCUT2D eigenvalue weighted by Gasteiger charge is -2.11. The number of hydrogen-bond donors (Lipinski definition) is 1. The van der Waals surface area contributed by atoms with Crippen molar-refractivity contribution in [3.05, 3.63) is 79.4 Å². The summed E-state index contributed by atoms with van der Waals surface area (Å²) in [5.74, 6) is 0.721. The van der Waals surface area contributed by atoms with Crippen LogP contribution in [-0.4, -0.2) is 22.2 Å². The Bertz CT molecular complexity index is 1130. The van der Waals surface area contributed by atoms with Crippen molar-refractivity contribution in [3.8, 4) is 22.6 Å². The Morgan fingerprint density at radius 3 is 2.18 bits per heavy atom. The summed E-state index contributed by atoms with van der Waals surface area (Å²) in [5.41, 5.74) is 2.40. The zero-order valence-corrected chi connectivity index (χ0v) is 14.7. The molecule has 0 spiro atoms. The topological polar surface area (TPSA) is 73.3 Å². The number of nitrogens with one attached hydrogen (secondary N) is 1. The molecule has 6 nitrogen and oxygen atoms in total. The normalized spacial score (nSPS) is 12.9. The van der Waals surface area contributed by atoms with Gasteiger partial charge in [0.05, 0.1) is 11.9 Å². The molecule has 136 valence electrons. The maximum Gasteiger partial charge on any atom is 0.322 e. The molecule has 0 unspecified atom stereocenters. The molecule has 28 heavy (non-hydrogen) atoms. The number of anilines is 1. The van der Waals surface area contributed by atoms with Gasteiger partial charge in [-0.3, -0.25) is 14.8 Å². The van der Waals surface area contributed by atoms with Crippen LogP contribution < -0.4 is 14.8 Å². The number of pyridine rings is 2. The SMILES string of the molecule is O=C(Nc1cncc(-c2ccncc2)c1)C1Oc2cc3ccccc3cc2O1. The lowest BCUT2D eigenvalue weighted by Crippen LogP contribution is -2.34. The number of carbonyl (C=O) groups is 1. The zero-order chi connectivity index (χ0) is 18.9. The lowest BCUT2D eigenvalue weighted by atomic mass is 10.1. The van der Waals surface area contributed by atoms with Gasteiger partial charge in [0.1, 0.15) is 0 Å². The van der Waals surface area contributed by atoms with Crippen LogP contribution in [0.4, 0.5) is 5.69 Å². The number of amides is 1. The number of hydrogen-bond acceptors (Lipinski definition) is 5. The number of nitrogens with zero attached hydrogens (tertiary/aromatic N) is 2. The third kappa shape index (κ3) is 3.01. The Morgan fingerprint density at radius 2 is 1.50 bits per heavy atom. The quantitative estimate of drug-likeness (QED) is 0.590. The number of aromatic nitrogens is 2. The second-order valence-electron chi connectivity index (χ2n) is 6.40. The first kappa shape index (κ1) is 16.3. The Hall–Kier alpha value is -3.93. The van der Waals surface area contributed by atoms with Gasteiger partial charge >= 0.3 is 12.2 Å². The number of carbonyl (C=O) groups excluding carboxylic acids is 1. The van der Waals surface area contributed by atoms with E-state index < -0.39 is 12.2 Å². The van der Waals surface area contributed by atoms with Crippen LogP contribution in [0, 0.1) is 0 Å². The van der Waals surface area contributed by atoms with E-state index in [2.05, 4.69) is 15.3 Å². The largest absolute Gasteiger partial charge is 0.442 e. The van der Waals surface area contributed by atoms with Gasteiger partial charge in [0.25, 0.3) is 0 Å². The van der Waals surface area contributed by atoms with Crippen molar-refractivity contribution in [1.29, 1.82) is 0 Å². The summed E-state index contributed by atoms with van der Waals surface area (Å²) in [7, 11) is 0. The Balaban J connectivity index is 1.34. The molecule has 1 aliphatic rings. The first-order valence-electron chi connectivity index (χ1n) is 8.79. The van der Waals surface area contributed by atoms with Gasteiger partial charge in [-0.2, -0.15) is 0 Å². The molecule has 0 bridgehead atoms. The molecule has 6 heteroatoms. The number of benzene rings is 2. The number of ether oxygens (including phenoxy) is 2. The van der Waals surface area contributed by atoms with Gasteiger partial charge in [0.2, 0.25) is 0 Å². The third-order valence-electron chi connectivity index (χ3n) is 4.51. The summed E-state index contributed by atoms with van der Waals surface area (Å²) in [6, 6.07) is 17.3. The van der Waals surface area contributed by atoms with E-state index in [1.165, 1.54) is 0 Å². The first-order valence-corrected chi connectivity index (χ1v) is 8.79. The predicted molar refractivity (Wildman–Crippen MR) is 105 cm³/mol. The second kappa shape index (κ2) is 6.66. The van der Waals surface area contributed by atoms with Crippen LogP contribution in [-0.2, 0) is 4.79 Å². The summed E-state index contributed by atoms with van der Waals surface area (Å²) in [4.78, 5) is 20.8.